The normalized spacial score (nSPS) is 14.7. The van der Waals surface area contributed by atoms with E-state index in [1.54, 1.807) is 4.90 Å². The zero-order valence-electron chi connectivity index (χ0n) is 12.8. The number of anilines is 2. The number of aromatic hydroxyl groups is 1. The van der Waals surface area contributed by atoms with Crippen molar-refractivity contribution in [3.63, 3.8) is 0 Å². The Morgan fingerprint density at radius 2 is 1.78 bits per heavy atom. The molecule has 0 bridgehead atoms. The number of urea groups is 1. The number of pyridine rings is 1. The summed E-state index contributed by atoms with van der Waals surface area (Å²) in [6.45, 7) is 4.64. The van der Waals surface area contributed by atoms with E-state index in [0.717, 1.165) is 24.5 Å². The molecule has 0 saturated carbocycles. The lowest BCUT2D eigenvalue weighted by Gasteiger charge is -2.35. The third-order valence-electron chi connectivity index (χ3n) is 3.64. The number of aryl methyl sites for hydroxylation is 1. The van der Waals surface area contributed by atoms with Crippen molar-refractivity contribution in [3.05, 3.63) is 36.3 Å². The van der Waals surface area contributed by atoms with Gasteiger partial charge in [0.05, 0.1) is 12.4 Å². The fourth-order valence-corrected chi connectivity index (χ4v) is 2.35. The van der Waals surface area contributed by atoms with Gasteiger partial charge in [0.15, 0.2) is 5.75 Å². The second-order valence-electron chi connectivity index (χ2n) is 5.36. The van der Waals surface area contributed by atoms with E-state index in [9.17, 15) is 4.79 Å². The Hall–Kier alpha value is -2.90. The Kier molecular flexibility index (Phi) is 4.22. The lowest BCUT2D eigenvalue weighted by molar-refractivity contribution is 0.208. The van der Waals surface area contributed by atoms with E-state index in [1.165, 1.54) is 12.4 Å². The van der Waals surface area contributed by atoms with Crippen LogP contribution in [0.4, 0.5) is 16.6 Å². The zero-order chi connectivity index (χ0) is 16.2. The first-order chi connectivity index (χ1) is 11.1. The molecule has 120 valence electrons. The standard InChI is InChI=1S/C15H18N6O2/c1-11-2-3-13(16-8-11)20-4-6-21(7-5-20)15(23)19-14-17-9-12(22)10-18-14/h2-3,8-10,22H,4-7H2,1H3,(H,17,18,19,23). The Bertz CT molecular complexity index is 665. The van der Waals surface area contributed by atoms with Crippen molar-refractivity contribution in [3.8, 4) is 5.75 Å². The first kappa shape index (κ1) is 15.0. The number of carbonyl (C=O) groups is 1. The summed E-state index contributed by atoms with van der Waals surface area (Å²) in [4.78, 5) is 28.1. The number of piperazine rings is 1. The highest BCUT2D eigenvalue weighted by molar-refractivity contribution is 5.87. The molecule has 1 saturated heterocycles. The molecule has 0 aromatic carbocycles. The largest absolute Gasteiger partial charge is 0.505 e. The van der Waals surface area contributed by atoms with Gasteiger partial charge in [-0.1, -0.05) is 6.07 Å². The van der Waals surface area contributed by atoms with Gasteiger partial charge in [0.25, 0.3) is 0 Å². The van der Waals surface area contributed by atoms with Crippen molar-refractivity contribution < 1.29 is 9.90 Å². The van der Waals surface area contributed by atoms with Crippen LogP contribution in [0.5, 0.6) is 5.75 Å². The highest BCUT2D eigenvalue weighted by atomic mass is 16.3. The van der Waals surface area contributed by atoms with Crippen molar-refractivity contribution in [2.45, 2.75) is 6.92 Å². The fourth-order valence-electron chi connectivity index (χ4n) is 2.35. The number of hydrogen-bond donors (Lipinski definition) is 2. The second-order valence-corrected chi connectivity index (χ2v) is 5.36. The molecule has 0 atom stereocenters. The van der Waals surface area contributed by atoms with Crippen LogP contribution in [0.3, 0.4) is 0 Å². The third kappa shape index (κ3) is 3.65. The molecule has 2 N–H and O–H groups in total. The van der Waals surface area contributed by atoms with Crippen LogP contribution in [0.2, 0.25) is 0 Å². The third-order valence-corrected chi connectivity index (χ3v) is 3.64. The Morgan fingerprint density at radius 3 is 2.39 bits per heavy atom. The molecule has 0 spiro atoms. The molecule has 23 heavy (non-hydrogen) atoms. The smallest absolute Gasteiger partial charge is 0.324 e. The molecule has 1 aliphatic rings. The van der Waals surface area contributed by atoms with E-state index in [0.29, 0.717) is 13.1 Å². The van der Waals surface area contributed by atoms with Gasteiger partial charge in [0, 0.05) is 32.4 Å². The number of amides is 2. The molecule has 1 aliphatic heterocycles. The first-order valence-electron chi connectivity index (χ1n) is 7.36. The van der Waals surface area contributed by atoms with E-state index in [2.05, 4.69) is 25.2 Å². The van der Waals surface area contributed by atoms with Crippen LogP contribution in [-0.4, -0.2) is 57.2 Å². The van der Waals surface area contributed by atoms with Gasteiger partial charge < -0.3 is 14.9 Å². The molecule has 3 heterocycles. The summed E-state index contributed by atoms with van der Waals surface area (Å²) in [6.07, 6.45) is 4.32. The average molecular weight is 314 g/mol. The van der Waals surface area contributed by atoms with Crippen LogP contribution < -0.4 is 10.2 Å². The van der Waals surface area contributed by atoms with E-state index < -0.39 is 0 Å². The Morgan fingerprint density at radius 1 is 1.09 bits per heavy atom. The molecule has 1 fully saturated rings. The molecule has 8 heteroatoms. The topological polar surface area (TPSA) is 94.5 Å². The predicted octanol–water partition coefficient (Wildman–Crippen LogP) is 1.24. The number of carbonyl (C=O) groups excluding carboxylic acids is 1. The number of nitrogens with zero attached hydrogens (tertiary/aromatic N) is 5. The van der Waals surface area contributed by atoms with Crippen LogP contribution >= 0.6 is 0 Å². The van der Waals surface area contributed by atoms with Gasteiger partial charge in [0.2, 0.25) is 5.95 Å². The molecule has 2 aromatic heterocycles. The monoisotopic (exact) mass is 314 g/mol. The average Bonchev–Trinajstić information content (AvgIpc) is 2.58. The highest BCUT2D eigenvalue weighted by Gasteiger charge is 2.22. The van der Waals surface area contributed by atoms with E-state index >= 15 is 0 Å². The minimum Gasteiger partial charge on any atom is -0.505 e. The van der Waals surface area contributed by atoms with Crippen LogP contribution in [0, 0.1) is 6.92 Å². The zero-order valence-corrected chi connectivity index (χ0v) is 12.8. The second kappa shape index (κ2) is 6.47. The number of rotatable bonds is 2. The number of hydrogen-bond acceptors (Lipinski definition) is 6. The number of nitrogens with one attached hydrogen (secondary N) is 1. The minimum absolute atomic E-state index is 0.0396. The van der Waals surface area contributed by atoms with Crippen molar-refractivity contribution in [2.24, 2.45) is 0 Å². The van der Waals surface area contributed by atoms with Gasteiger partial charge in [-0.25, -0.2) is 19.7 Å². The van der Waals surface area contributed by atoms with Gasteiger partial charge in [-0.05, 0) is 18.6 Å². The maximum atomic E-state index is 12.2. The summed E-state index contributed by atoms with van der Waals surface area (Å²) in [7, 11) is 0. The van der Waals surface area contributed by atoms with Crippen LogP contribution in [0.25, 0.3) is 0 Å². The lowest BCUT2D eigenvalue weighted by atomic mass is 10.3. The maximum Gasteiger partial charge on any atom is 0.324 e. The predicted molar refractivity (Wildman–Crippen MR) is 85.5 cm³/mol. The molecular weight excluding hydrogens is 296 g/mol. The maximum absolute atomic E-state index is 12.2. The molecule has 0 aliphatic carbocycles. The van der Waals surface area contributed by atoms with E-state index in [-0.39, 0.29) is 17.7 Å². The lowest BCUT2D eigenvalue weighted by Crippen LogP contribution is -2.50. The number of aromatic nitrogens is 3. The summed E-state index contributed by atoms with van der Waals surface area (Å²) >= 11 is 0. The molecule has 2 aromatic rings. The SMILES string of the molecule is Cc1ccc(N2CCN(C(=O)Nc3ncc(O)cn3)CC2)nc1. The van der Waals surface area contributed by atoms with Gasteiger partial charge in [-0.15, -0.1) is 0 Å². The van der Waals surface area contributed by atoms with E-state index in [4.69, 9.17) is 5.11 Å². The van der Waals surface area contributed by atoms with Gasteiger partial charge in [0.1, 0.15) is 5.82 Å². The van der Waals surface area contributed by atoms with Crippen molar-refractivity contribution in [1.82, 2.24) is 19.9 Å². The van der Waals surface area contributed by atoms with Crippen molar-refractivity contribution in [1.29, 1.82) is 0 Å². The summed E-state index contributed by atoms with van der Waals surface area (Å²) in [5.74, 6) is 1.06. The summed E-state index contributed by atoms with van der Waals surface area (Å²) in [6, 6.07) is 3.78. The van der Waals surface area contributed by atoms with Crippen LogP contribution in [0.1, 0.15) is 5.56 Å². The molecule has 8 nitrogen and oxygen atoms in total. The molecular formula is C15H18N6O2. The highest BCUT2D eigenvalue weighted by Crippen LogP contribution is 2.14. The van der Waals surface area contributed by atoms with E-state index in [1.807, 2.05) is 25.3 Å². The summed E-state index contributed by atoms with van der Waals surface area (Å²) in [5.41, 5.74) is 1.13. The Balaban J connectivity index is 1.54. The minimum atomic E-state index is -0.243. The molecule has 0 unspecified atom stereocenters. The Labute approximate surface area is 133 Å². The van der Waals surface area contributed by atoms with Gasteiger partial charge in [-0.2, -0.15) is 0 Å². The van der Waals surface area contributed by atoms with Gasteiger partial charge in [-0.3, -0.25) is 5.32 Å². The molecule has 2 amide bonds. The van der Waals surface area contributed by atoms with Crippen molar-refractivity contribution >= 4 is 17.8 Å². The van der Waals surface area contributed by atoms with Crippen molar-refractivity contribution in [2.75, 3.05) is 36.4 Å². The fraction of sp³-hybridized carbons (Fsp3) is 0.333. The quantitative estimate of drug-likeness (QED) is 0.866. The molecule has 3 rings (SSSR count). The summed E-state index contributed by atoms with van der Waals surface area (Å²) < 4.78 is 0. The van der Waals surface area contributed by atoms with Crippen LogP contribution in [0.15, 0.2) is 30.7 Å². The van der Waals surface area contributed by atoms with Crippen LogP contribution in [-0.2, 0) is 0 Å². The first-order valence-corrected chi connectivity index (χ1v) is 7.36. The molecule has 0 radical (unpaired) electrons. The summed E-state index contributed by atoms with van der Waals surface area (Å²) in [5, 5.41) is 11.8. The van der Waals surface area contributed by atoms with Gasteiger partial charge >= 0.3 is 6.03 Å².